The van der Waals surface area contributed by atoms with Gasteiger partial charge in [0.25, 0.3) is 0 Å². The standard InChI is InChI=1S/C20H19F3N2O/c1-2-6-18(15-7-4-3-5-8-15)26-17-11-9-16(10-12-17)25-13-19(24-14-25)20(21,22)23/h3-5,7-14,18H,2,6H2,1H3. The van der Waals surface area contributed by atoms with Gasteiger partial charge in [-0.1, -0.05) is 43.7 Å². The van der Waals surface area contributed by atoms with Gasteiger partial charge in [0.05, 0.1) is 6.33 Å². The maximum Gasteiger partial charge on any atom is 0.434 e. The van der Waals surface area contributed by atoms with Gasteiger partial charge in [0.1, 0.15) is 11.9 Å². The molecule has 0 saturated heterocycles. The summed E-state index contributed by atoms with van der Waals surface area (Å²) in [7, 11) is 0. The van der Waals surface area contributed by atoms with Crippen LogP contribution in [0.15, 0.2) is 67.1 Å². The van der Waals surface area contributed by atoms with Crippen molar-refractivity contribution in [3.63, 3.8) is 0 Å². The number of hydrogen-bond acceptors (Lipinski definition) is 2. The maximum absolute atomic E-state index is 12.7. The van der Waals surface area contributed by atoms with Crippen LogP contribution in [0.3, 0.4) is 0 Å². The van der Waals surface area contributed by atoms with Crippen molar-refractivity contribution in [1.29, 1.82) is 0 Å². The number of nitrogens with zero attached hydrogens (tertiary/aromatic N) is 2. The topological polar surface area (TPSA) is 27.1 Å². The van der Waals surface area contributed by atoms with E-state index in [1.165, 1.54) is 4.57 Å². The molecule has 26 heavy (non-hydrogen) atoms. The van der Waals surface area contributed by atoms with Crippen LogP contribution in [-0.2, 0) is 6.18 Å². The minimum Gasteiger partial charge on any atom is -0.486 e. The molecular weight excluding hydrogens is 341 g/mol. The highest BCUT2D eigenvalue weighted by Gasteiger charge is 2.33. The molecule has 1 unspecified atom stereocenters. The van der Waals surface area contributed by atoms with E-state index in [0.717, 1.165) is 30.9 Å². The first-order valence-electron chi connectivity index (χ1n) is 8.40. The number of hydrogen-bond donors (Lipinski definition) is 0. The molecule has 136 valence electrons. The van der Waals surface area contributed by atoms with Gasteiger partial charge in [-0.2, -0.15) is 13.2 Å². The SMILES string of the molecule is CCCC(Oc1ccc(-n2cnc(C(F)(F)F)c2)cc1)c1ccccc1. The Bertz CT molecular complexity index is 826. The normalized spacial score (nSPS) is 12.8. The second kappa shape index (κ2) is 7.64. The number of benzene rings is 2. The largest absolute Gasteiger partial charge is 0.486 e. The van der Waals surface area contributed by atoms with Crippen molar-refractivity contribution >= 4 is 0 Å². The molecule has 0 aliphatic rings. The second-order valence-electron chi connectivity index (χ2n) is 5.96. The predicted octanol–water partition coefficient (Wildman–Crippen LogP) is 5.81. The summed E-state index contributed by atoms with van der Waals surface area (Å²) >= 11 is 0. The van der Waals surface area contributed by atoms with E-state index in [-0.39, 0.29) is 6.10 Å². The number of halogens is 3. The first-order valence-corrected chi connectivity index (χ1v) is 8.40. The van der Waals surface area contributed by atoms with E-state index in [0.29, 0.717) is 11.4 Å². The highest BCUT2D eigenvalue weighted by Crippen LogP contribution is 2.29. The molecule has 3 aromatic rings. The Morgan fingerprint density at radius 2 is 1.73 bits per heavy atom. The lowest BCUT2D eigenvalue weighted by atomic mass is 10.1. The van der Waals surface area contributed by atoms with E-state index in [9.17, 15) is 13.2 Å². The Morgan fingerprint density at radius 3 is 2.31 bits per heavy atom. The molecule has 0 aliphatic carbocycles. The minimum atomic E-state index is -4.45. The lowest BCUT2D eigenvalue weighted by molar-refractivity contribution is -0.140. The zero-order valence-corrected chi connectivity index (χ0v) is 14.3. The van der Waals surface area contributed by atoms with E-state index >= 15 is 0 Å². The molecule has 1 atom stereocenters. The molecule has 0 aliphatic heterocycles. The molecular formula is C20H19F3N2O. The summed E-state index contributed by atoms with van der Waals surface area (Å²) in [5.74, 6) is 0.673. The average molecular weight is 360 g/mol. The summed E-state index contributed by atoms with van der Waals surface area (Å²) in [4.78, 5) is 3.41. The van der Waals surface area contributed by atoms with Crippen molar-refractivity contribution in [2.45, 2.75) is 32.0 Å². The predicted molar refractivity (Wildman–Crippen MR) is 93.3 cm³/mol. The Morgan fingerprint density at radius 1 is 1.04 bits per heavy atom. The Hall–Kier alpha value is -2.76. The van der Waals surface area contributed by atoms with Gasteiger partial charge in [0, 0.05) is 11.9 Å². The lowest BCUT2D eigenvalue weighted by Gasteiger charge is -2.19. The zero-order chi connectivity index (χ0) is 18.6. The third kappa shape index (κ3) is 4.25. The molecule has 2 aromatic carbocycles. The van der Waals surface area contributed by atoms with Crippen molar-refractivity contribution in [2.75, 3.05) is 0 Å². The molecule has 3 nitrogen and oxygen atoms in total. The smallest absolute Gasteiger partial charge is 0.434 e. The van der Waals surface area contributed by atoms with Gasteiger partial charge in [-0.15, -0.1) is 0 Å². The van der Waals surface area contributed by atoms with Crippen LogP contribution in [-0.4, -0.2) is 9.55 Å². The first kappa shape index (κ1) is 18.0. The molecule has 6 heteroatoms. The monoisotopic (exact) mass is 360 g/mol. The fourth-order valence-corrected chi connectivity index (χ4v) is 2.70. The fraction of sp³-hybridized carbons (Fsp3) is 0.250. The van der Waals surface area contributed by atoms with Crippen molar-refractivity contribution in [2.24, 2.45) is 0 Å². The quantitative estimate of drug-likeness (QED) is 0.554. The van der Waals surface area contributed by atoms with Crippen molar-refractivity contribution in [3.8, 4) is 11.4 Å². The van der Waals surface area contributed by atoms with E-state index in [4.69, 9.17) is 4.74 Å². The summed E-state index contributed by atoms with van der Waals surface area (Å²) in [6, 6.07) is 16.9. The number of aromatic nitrogens is 2. The fourth-order valence-electron chi connectivity index (χ4n) is 2.70. The Kier molecular flexibility index (Phi) is 5.30. The molecule has 1 aromatic heterocycles. The number of alkyl halides is 3. The summed E-state index contributed by atoms with van der Waals surface area (Å²) < 4.78 is 45.4. The molecule has 1 heterocycles. The van der Waals surface area contributed by atoms with Crippen molar-refractivity contribution < 1.29 is 17.9 Å². The van der Waals surface area contributed by atoms with Gasteiger partial charge in [0.15, 0.2) is 5.69 Å². The van der Waals surface area contributed by atoms with Gasteiger partial charge in [-0.05, 0) is 36.2 Å². The van der Waals surface area contributed by atoms with Crippen LogP contribution >= 0.6 is 0 Å². The third-order valence-corrected chi connectivity index (χ3v) is 4.01. The van der Waals surface area contributed by atoms with Crippen LogP contribution in [0.5, 0.6) is 5.75 Å². The van der Waals surface area contributed by atoms with Gasteiger partial charge < -0.3 is 9.30 Å². The van der Waals surface area contributed by atoms with Crippen LogP contribution < -0.4 is 4.74 Å². The minimum absolute atomic E-state index is 0.0582. The highest BCUT2D eigenvalue weighted by molar-refractivity contribution is 5.38. The second-order valence-corrected chi connectivity index (χ2v) is 5.96. The number of ether oxygens (including phenoxy) is 1. The van der Waals surface area contributed by atoms with E-state index in [1.54, 1.807) is 24.3 Å². The first-order chi connectivity index (χ1) is 12.5. The molecule has 0 fully saturated rings. The van der Waals surface area contributed by atoms with Gasteiger partial charge >= 0.3 is 6.18 Å². The number of imidazole rings is 1. The van der Waals surface area contributed by atoms with Gasteiger partial charge in [-0.25, -0.2) is 4.98 Å². The molecule has 0 saturated carbocycles. The molecule has 3 rings (SSSR count). The zero-order valence-electron chi connectivity index (χ0n) is 14.3. The van der Waals surface area contributed by atoms with Crippen molar-refractivity contribution in [1.82, 2.24) is 9.55 Å². The van der Waals surface area contributed by atoms with Crippen LogP contribution in [0, 0.1) is 0 Å². The van der Waals surface area contributed by atoms with E-state index in [1.807, 2.05) is 30.3 Å². The molecule has 0 amide bonds. The average Bonchev–Trinajstić information content (AvgIpc) is 3.13. The maximum atomic E-state index is 12.7. The molecule has 0 N–H and O–H groups in total. The van der Waals surface area contributed by atoms with Crippen LogP contribution in [0.4, 0.5) is 13.2 Å². The third-order valence-electron chi connectivity index (χ3n) is 4.01. The Labute approximate surface area is 150 Å². The summed E-state index contributed by atoms with van der Waals surface area (Å²) in [6.07, 6.45) is -0.522. The molecule has 0 bridgehead atoms. The molecule has 0 spiro atoms. The van der Waals surface area contributed by atoms with Crippen LogP contribution in [0.25, 0.3) is 5.69 Å². The molecule has 0 radical (unpaired) electrons. The van der Waals surface area contributed by atoms with Crippen LogP contribution in [0.2, 0.25) is 0 Å². The summed E-state index contributed by atoms with van der Waals surface area (Å²) in [5.41, 5.74) is 0.778. The van der Waals surface area contributed by atoms with Gasteiger partial charge in [-0.3, -0.25) is 0 Å². The van der Waals surface area contributed by atoms with E-state index in [2.05, 4.69) is 11.9 Å². The number of rotatable bonds is 6. The lowest BCUT2D eigenvalue weighted by Crippen LogP contribution is -2.07. The summed E-state index contributed by atoms with van der Waals surface area (Å²) in [5, 5.41) is 0. The summed E-state index contributed by atoms with van der Waals surface area (Å²) in [6.45, 7) is 2.10. The van der Waals surface area contributed by atoms with Gasteiger partial charge in [0.2, 0.25) is 0 Å². The highest BCUT2D eigenvalue weighted by atomic mass is 19.4. The van der Waals surface area contributed by atoms with Crippen molar-refractivity contribution in [3.05, 3.63) is 78.4 Å². The Balaban J connectivity index is 1.75. The van der Waals surface area contributed by atoms with E-state index < -0.39 is 11.9 Å². The van der Waals surface area contributed by atoms with Crippen LogP contribution in [0.1, 0.15) is 37.1 Å².